The molecular formula is C8H14N2. The van der Waals surface area contributed by atoms with Crippen molar-refractivity contribution in [2.75, 3.05) is 0 Å². The lowest BCUT2D eigenvalue weighted by Gasteiger charge is -1.90. The molecule has 1 heterocycles. The van der Waals surface area contributed by atoms with Crippen molar-refractivity contribution >= 4 is 0 Å². The Bertz CT molecular complexity index is 191. The van der Waals surface area contributed by atoms with Crippen LogP contribution in [0.25, 0.3) is 0 Å². The number of H-pyrrole nitrogens is 1. The fourth-order valence-corrected chi connectivity index (χ4v) is 0.937. The molecule has 0 atom stereocenters. The Morgan fingerprint density at radius 2 is 2.40 bits per heavy atom. The molecule has 0 saturated heterocycles. The predicted molar refractivity (Wildman–Crippen MR) is 41.9 cm³/mol. The van der Waals surface area contributed by atoms with E-state index in [1.54, 1.807) is 0 Å². The number of aryl methyl sites for hydroxylation is 2. The highest BCUT2D eigenvalue weighted by Gasteiger charge is 1.94. The van der Waals surface area contributed by atoms with E-state index in [1.165, 1.54) is 12.8 Å². The van der Waals surface area contributed by atoms with E-state index in [0.29, 0.717) is 0 Å². The molecular weight excluding hydrogens is 124 g/mol. The van der Waals surface area contributed by atoms with Gasteiger partial charge >= 0.3 is 0 Å². The lowest BCUT2D eigenvalue weighted by Crippen LogP contribution is -1.86. The van der Waals surface area contributed by atoms with Gasteiger partial charge in [0.15, 0.2) is 0 Å². The zero-order chi connectivity index (χ0) is 7.40. The Morgan fingerprint density at radius 1 is 1.60 bits per heavy atom. The molecule has 0 aliphatic carbocycles. The van der Waals surface area contributed by atoms with Crippen molar-refractivity contribution in [3.63, 3.8) is 0 Å². The summed E-state index contributed by atoms with van der Waals surface area (Å²) in [6, 6.07) is 0. The Balaban J connectivity index is 2.42. The standard InChI is InChI=1S/C8H14N2/c1-3-4-5-8-9-6-7(2)10-8/h6H,3-5H2,1-2H3,(H,9,10). The van der Waals surface area contributed by atoms with Gasteiger partial charge in [-0.15, -0.1) is 0 Å². The first kappa shape index (κ1) is 7.32. The number of rotatable bonds is 3. The molecule has 2 heteroatoms. The van der Waals surface area contributed by atoms with Crippen LogP contribution in [0.4, 0.5) is 0 Å². The summed E-state index contributed by atoms with van der Waals surface area (Å²) in [6.45, 7) is 4.20. The summed E-state index contributed by atoms with van der Waals surface area (Å²) in [5.41, 5.74) is 1.09. The lowest BCUT2D eigenvalue weighted by molar-refractivity contribution is 0.761. The third-order valence-electron chi connectivity index (χ3n) is 1.53. The summed E-state index contributed by atoms with van der Waals surface area (Å²) in [5.74, 6) is 1.12. The number of nitrogens with one attached hydrogen (secondary N) is 1. The van der Waals surface area contributed by atoms with Gasteiger partial charge < -0.3 is 4.98 Å². The van der Waals surface area contributed by atoms with Crippen LogP contribution in [0.5, 0.6) is 0 Å². The highest BCUT2D eigenvalue weighted by Crippen LogP contribution is 1.99. The van der Waals surface area contributed by atoms with Gasteiger partial charge in [-0.1, -0.05) is 13.3 Å². The number of imidazole rings is 1. The Labute approximate surface area is 61.7 Å². The van der Waals surface area contributed by atoms with E-state index in [1.807, 2.05) is 13.1 Å². The van der Waals surface area contributed by atoms with Gasteiger partial charge in [-0.3, -0.25) is 0 Å². The average Bonchev–Trinajstić information content (AvgIpc) is 2.31. The molecule has 0 fully saturated rings. The molecule has 0 aliphatic heterocycles. The average molecular weight is 138 g/mol. The highest BCUT2D eigenvalue weighted by atomic mass is 14.9. The first-order valence-corrected chi connectivity index (χ1v) is 3.84. The van der Waals surface area contributed by atoms with Gasteiger partial charge in [0.25, 0.3) is 0 Å². The van der Waals surface area contributed by atoms with Gasteiger partial charge in [0.1, 0.15) is 5.82 Å². The number of hydrogen-bond acceptors (Lipinski definition) is 1. The molecule has 0 unspecified atom stereocenters. The molecule has 0 aliphatic rings. The van der Waals surface area contributed by atoms with Crippen LogP contribution < -0.4 is 0 Å². The van der Waals surface area contributed by atoms with Crippen LogP contribution in [0, 0.1) is 6.92 Å². The lowest BCUT2D eigenvalue weighted by atomic mass is 10.2. The minimum atomic E-state index is 1.09. The van der Waals surface area contributed by atoms with Crippen molar-refractivity contribution in [2.24, 2.45) is 0 Å². The fourth-order valence-electron chi connectivity index (χ4n) is 0.937. The molecule has 1 aromatic rings. The maximum atomic E-state index is 4.29. The second kappa shape index (κ2) is 3.40. The van der Waals surface area contributed by atoms with Crippen LogP contribution in [0.3, 0.4) is 0 Å². The maximum Gasteiger partial charge on any atom is 0.106 e. The topological polar surface area (TPSA) is 28.7 Å². The summed E-state index contributed by atoms with van der Waals surface area (Å²) < 4.78 is 0. The number of hydrogen-bond donors (Lipinski definition) is 1. The summed E-state index contributed by atoms with van der Waals surface area (Å²) >= 11 is 0. The van der Waals surface area contributed by atoms with E-state index < -0.39 is 0 Å². The van der Waals surface area contributed by atoms with Crippen molar-refractivity contribution in [3.05, 3.63) is 17.7 Å². The van der Waals surface area contributed by atoms with Gasteiger partial charge in [0.2, 0.25) is 0 Å². The van der Waals surface area contributed by atoms with Gasteiger partial charge in [-0.25, -0.2) is 4.98 Å². The predicted octanol–water partition coefficient (Wildman–Crippen LogP) is 2.06. The fraction of sp³-hybridized carbons (Fsp3) is 0.625. The molecule has 1 aromatic heterocycles. The molecule has 1 rings (SSSR count). The first-order valence-electron chi connectivity index (χ1n) is 3.84. The molecule has 0 radical (unpaired) electrons. The van der Waals surface area contributed by atoms with Gasteiger partial charge in [0, 0.05) is 12.6 Å². The van der Waals surface area contributed by atoms with Crippen LogP contribution in [0.15, 0.2) is 6.20 Å². The largest absolute Gasteiger partial charge is 0.348 e. The van der Waals surface area contributed by atoms with E-state index in [4.69, 9.17) is 0 Å². The molecule has 0 amide bonds. The van der Waals surface area contributed by atoms with Crippen LogP contribution in [0.2, 0.25) is 0 Å². The van der Waals surface area contributed by atoms with Crippen molar-refractivity contribution in [1.82, 2.24) is 9.97 Å². The molecule has 0 aromatic carbocycles. The van der Waals surface area contributed by atoms with Crippen LogP contribution in [-0.4, -0.2) is 9.97 Å². The number of aromatic amines is 1. The molecule has 0 saturated carbocycles. The first-order chi connectivity index (χ1) is 4.83. The highest BCUT2D eigenvalue weighted by molar-refractivity contribution is 4.98. The Kier molecular flexibility index (Phi) is 2.49. The Morgan fingerprint density at radius 3 is 2.90 bits per heavy atom. The molecule has 0 bridgehead atoms. The van der Waals surface area contributed by atoms with E-state index in [-0.39, 0.29) is 0 Å². The van der Waals surface area contributed by atoms with E-state index in [9.17, 15) is 0 Å². The third-order valence-corrected chi connectivity index (χ3v) is 1.53. The molecule has 0 spiro atoms. The monoisotopic (exact) mass is 138 g/mol. The van der Waals surface area contributed by atoms with Gasteiger partial charge in [0.05, 0.1) is 5.69 Å². The minimum absolute atomic E-state index is 1.09. The van der Waals surface area contributed by atoms with Crippen molar-refractivity contribution < 1.29 is 0 Å². The maximum absolute atomic E-state index is 4.29. The van der Waals surface area contributed by atoms with Crippen molar-refractivity contribution in [3.8, 4) is 0 Å². The third kappa shape index (κ3) is 1.87. The van der Waals surface area contributed by atoms with Gasteiger partial charge in [-0.05, 0) is 13.3 Å². The second-order valence-electron chi connectivity index (χ2n) is 2.59. The number of unbranched alkanes of at least 4 members (excludes halogenated alkanes) is 1. The van der Waals surface area contributed by atoms with Crippen molar-refractivity contribution in [2.45, 2.75) is 33.1 Å². The molecule has 56 valence electrons. The number of nitrogens with zero attached hydrogens (tertiary/aromatic N) is 1. The van der Waals surface area contributed by atoms with E-state index >= 15 is 0 Å². The molecule has 10 heavy (non-hydrogen) atoms. The summed E-state index contributed by atoms with van der Waals surface area (Å²) in [7, 11) is 0. The van der Waals surface area contributed by atoms with E-state index in [0.717, 1.165) is 17.9 Å². The quantitative estimate of drug-likeness (QED) is 0.680. The second-order valence-corrected chi connectivity index (χ2v) is 2.59. The van der Waals surface area contributed by atoms with E-state index in [2.05, 4.69) is 16.9 Å². The van der Waals surface area contributed by atoms with Crippen LogP contribution in [-0.2, 0) is 6.42 Å². The molecule has 2 nitrogen and oxygen atoms in total. The SMILES string of the molecule is CCCCc1nc(C)c[nH]1. The molecule has 1 N–H and O–H groups in total. The van der Waals surface area contributed by atoms with Crippen molar-refractivity contribution in [1.29, 1.82) is 0 Å². The normalized spacial score (nSPS) is 10.2. The smallest absolute Gasteiger partial charge is 0.106 e. The van der Waals surface area contributed by atoms with Gasteiger partial charge in [-0.2, -0.15) is 0 Å². The Hall–Kier alpha value is -0.790. The zero-order valence-electron chi connectivity index (χ0n) is 6.65. The zero-order valence-corrected chi connectivity index (χ0v) is 6.65. The summed E-state index contributed by atoms with van der Waals surface area (Å²) in [4.78, 5) is 7.42. The summed E-state index contributed by atoms with van der Waals surface area (Å²) in [6.07, 6.45) is 5.50. The van der Waals surface area contributed by atoms with Crippen LogP contribution >= 0.6 is 0 Å². The minimum Gasteiger partial charge on any atom is -0.348 e. The number of aromatic nitrogens is 2. The summed E-state index contributed by atoms with van der Waals surface area (Å²) in [5, 5.41) is 0. The van der Waals surface area contributed by atoms with Crippen LogP contribution in [0.1, 0.15) is 31.3 Å².